The van der Waals surface area contributed by atoms with E-state index < -0.39 is 20.8 Å². The van der Waals surface area contributed by atoms with Gasteiger partial charge in [0.2, 0.25) is 0 Å². The van der Waals surface area contributed by atoms with Crippen molar-refractivity contribution in [3.05, 3.63) is 131 Å². The maximum absolute atomic E-state index is 11.8. The van der Waals surface area contributed by atoms with Crippen LogP contribution < -0.4 is 0 Å². The summed E-state index contributed by atoms with van der Waals surface area (Å²) in [5, 5.41) is 10.0. The van der Waals surface area contributed by atoms with Crippen LogP contribution in [0.1, 0.15) is 53.4 Å². The third-order valence-electron chi connectivity index (χ3n) is 6.67. The van der Waals surface area contributed by atoms with Gasteiger partial charge in [-0.2, -0.15) is 8.42 Å². The van der Waals surface area contributed by atoms with Crippen LogP contribution in [0.25, 0.3) is 0 Å². The number of aromatic hydroxyl groups is 1. The standard InChI is InChI=1S/C30H30O4S/c1-22(24-11-5-2-6-12-24)19-27(25-13-7-3-8-14-25)28(26-15-9-4-10-16-26)20-23-17-18-29(31)30(21-23)35(32,33)34/h2-18,21-22,27-28,31H,19-20H2,1H3,(H,32,33,34). The van der Waals surface area contributed by atoms with Crippen LogP contribution in [-0.2, 0) is 16.5 Å². The van der Waals surface area contributed by atoms with E-state index in [0.717, 1.165) is 17.5 Å². The summed E-state index contributed by atoms with van der Waals surface area (Å²) in [6.07, 6.45) is 1.45. The molecule has 0 amide bonds. The molecule has 4 rings (SSSR count). The van der Waals surface area contributed by atoms with Crippen LogP contribution in [0.5, 0.6) is 5.75 Å². The van der Waals surface area contributed by atoms with Crippen molar-refractivity contribution in [3.63, 3.8) is 0 Å². The van der Waals surface area contributed by atoms with Crippen molar-refractivity contribution < 1.29 is 18.1 Å². The Bertz CT molecular complexity index is 1340. The Morgan fingerprint density at radius 2 is 1.17 bits per heavy atom. The summed E-state index contributed by atoms with van der Waals surface area (Å²) in [4.78, 5) is -0.462. The van der Waals surface area contributed by atoms with Gasteiger partial charge in [0.1, 0.15) is 10.6 Å². The molecule has 0 aliphatic carbocycles. The highest BCUT2D eigenvalue weighted by Gasteiger charge is 2.28. The maximum atomic E-state index is 11.8. The van der Waals surface area contributed by atoms with Crippen molar-refractivity contribution in [2.75, 3.05) is 0 Å². The van der Waals surface area contributed by atoms with E-state index in [-0.39, 0.29) is 11.8 Å². The Kier molecular flexibility index (Phi) is 7.69. The first kappa shape index (κ1) is 24.7. The number of phenolic OH excluding ortho intramolecular Hbond substituents is 1. The Labute approximate surface area is 207 Å². The molecule has 0 radical (unpaired) electrons. The molecule has 0 fully saturated rings. The molecule has 3 atom stereocenters. The molecule has 35 heavy (non-hydrogen) atoms. The first-order valence-electron chi connectivity index (χ1n) is 11.8. The molecule has 2 N–H and O–H groups in total. The second-order valence-electron chi connectivity index (χ2n) is 9.06. The first-order valence-corrected chi connectivity index (χ1v) is 13.2. The number of benzene rings is 4. The molecule has 180 valence electrons. The lowest BCUT2D eigenvalue weighted by atomic mass is 9.73. The molecule has 0 heterocycles. The molecule has 4 aromatic rings. The molecule has 4 aromatic carbocycles. The molecule has 0 bridgehead atoms. The predicted molar refractivity (Wildman–Crippen MR) is 139 cm³/mol. The molecule has 0 aliphatic rings. The van der Waals surface area contributed by atoms with Crippen LogP contribution in [0, 0.1) is 0 Å². The van der Waals surface area contributed by atoms with Crippen molar-refractivity contribution in [3.8, 4) is 5.75 Å². The average molecular weight is 487 g/mol. The minimum atomic E-state index is -4.53. The van der Waals surface area contributed by atoms with E-state index in [0.29, 0.717) is 12.3 Å². The molecule has 0 aromatic heterocycles. The normalized spacial score (nSPS) is 14.2. The van der Waals surface area contributed by atoms with E-state index in [4.69, 9.17) is 0 Å². The number of rotatable bonds is 9. The Balaban J connectivity index is 1.78. The van der Waals surface area contributed by atoms with Gasteiger partial charge in [-0.05, 0) is 65.0 Å². The highest BCUT2D eigenvalue weighted by Crippen LogP contribution is 2.42. The molecule has 0 aliphatic heterocycles. The van der Waals surface area contributed by atoms with Crippen LogP contribution in [0.3, 0.4) is 0 Å². The summed E-state index contributed by atoms with van der Waals surface area (Å²) in [5.74, 6) is 0.0472. The molecule has 0 saturated heterocycles. The van der Waals surface area contributed by atoms with E-state index in [1.807, 2.05) is 30.3 Å². The van der Waals surface area contributed by atoms with Crippen LogP contribution in [0.15, 0.2) is 114 Å². The van der Waals surface area contributed by atoms with Crippen LogP contribution in [-0.4, -0.2) is 18.1 Å². The zero-order valence-corrected chi connectivity index (χ0v) is 20.5. The number of hydrogen-bond acceptors (Lipinski definition) is 3. The van der Waals surface area contributed by atoms with Crippen molar-refractivity contribution >= 4 is 10.1 Å². The van der Waals surface area contributed by atoms with Gasteiger partial charge in [-0.25, -0.2) is 0 Å². The zero-order chi connectivity index (χ0) is 24.8. The minimum absolute atomic E-state index is 0.0450. The second-order valence-corrected chi connectivity index (χ2v) is 10.5. The quantitative estimate of drug-likeness (QED) is 0.251. The summed E-state index contributed by atoms with van der Waals surface area (Å²) in [7, 11) is -4.53. The molecule has 4 nitrogen and oxygen atoms in total. The van der Waals surface area contributed by atoms with E-state index in [1.165, 1.54) is 23.3 Å². The van der Waals surface area contributed by atoms with E-state index in [2.05, 4.69) is 67.6 Å². The summed E-state index contributed by atoms with van der Waals surface area (Å²) in [5.41, 5.74) is 4.39. The van der Waals surface area contributed by atoms with Crippen molar-refractivity contribution in [1.29, 1.82) is 0 Å². The van der Waals surface area contributed by atoms with Crippen molar-refractivity contribution in [1.82, 2.24) is 0 Å². The molecule has 5 heteroatoms. The van der Waals surface area contributed by atoms with Gasteiger partial charge in [0, 0.05) is 0 Å². The minimum Gasteiger partial charge on any atom is -0.506 e. The monoisotopic (exact) mass is 486 g/mol. The van der Waals surface area contributed by atoms with Gasteiger partial charge in [0.05, 0.1) is 0 Å². The second kappa shape index (κ2) is 10.9. The summed E-state index contributed by atoms with van der Waals surface area (Å²) >= 11 is 0. The molecule has 0 spiro atoms. The van der Waals surface area contributed by atoms with E-state index >= 15 is 0 Å². The van der Waals surface area contributed by atoms with E-state index in [1.54, 1.807) is 6.07 Å². The lowest BCUT2D eigenvalue weighted by Gasteiger charge is -2.31. The Morgan fingerprint density at radius 1 is 0.686 bits per heavy atom. The van der Waals surface area contributed by atoms with Gasteiger partial charge < -0.3 is 5.11 Å². The largest absolute Gasteiger partial charge is 0.506 e. The topological polar surface area (TPSA) is 74.6 Å². The van der Waals surface area contributed by atoms with Crippen LogP contribution in [0.2, 0.25) is 0 Å². The van der Waals surface area contributed by atoms with Crippen molar-refractivity contribution in [2.24, 2.45) is 0 Å². The van der Waals surface area contributed by atoms with Gasteiger partial charge in [-0.3, -0.25) is 4.55 Å². The third kappa shape index (κ3) is 6.18. The van der Waals surface area contributed by atoms with Crippen LogP contribution >= 0.6 is 0 Å². The first-order chi connectivity index (χ1) is 16.8. The van der Waals surface area contributed by atoms with Crippen LogP contribution in [0.4, 0.5) is 0 Å². The Morgan fingerprint density at radius 3 is 1.69 bits per heavy atom. The number of phenols is 1. The fourth-order valence-electron chi connectivity index (χ4n) is 4.87. The smallest absolute Gasteiger partial charge is 0.298 e. The molecular formula is C30H30O4S. The maximum Gasteiger partial charge on any atom is 0.298 e. The highest BCUT2D eigenvalue weighted by atomic mass is 32.2. The lowest BCUT2D eigenvalue weighted by Crippen LogP contribution is -2.17. The molecule has 3 unspecified atom stereocenters. The average Bonchev–Trinajstić information content (AvgIpc) is 2.88. The fraction of sp³-hybridized carbons (Fsp3) is 0.200. The fourth-order valence-corrected chi connectivity index (χ4v) is 5.50. The zero-order valence-electron chi connectivity index (χ0n) is 19.7. The highest BCUT2D eigenvalue weighted by molar-refractivity contribution is 7.86. The van der Waals surface area contributed by atoms with Gasteiger partial charge in [0.25, 0.3) is 10.1 Å². The summed E-state index contributed by atoms with van der Waals surface area (Å²) in [6.45, 7) is 2.24. The SMILES string of the molecule is CC(CC(c1ccccc1)C(Cc1ccc(O)c(S(=O)(=O)O)c1)c1ccccc1)c1ccccc1. The predicted octanol–water partition coefficient (Wildman–Crippen LogP) is 6.94. The molecular weight excluding hydrogens is 456 g/mol. The third-order valence-corrected chi connectivity index (χ3v) is 7.56. The summed E-state index contributed by atoms with van der Waals surface area (Å²) in [6, 6.07) is 35.6. The van der Waals surface area contributed by atoms with Gasteiger partial charge >= 0.3 is 0 Å². The summed E-state index contributed by atoms with van der Waals surface area (Å²) < 4.78 is 33.2. The van der Waals surface area contributed by atoms with Crippen molar-refractivity contribution in [2.45, 2.75) is 42.4 Å². The Hall–Kier alpha value is -3.41. The molecule has 0 saturated carbocycles. The van der Waals surface area contributed by atoms with Gasteiger partial charge in [0.15, 0.2) is 0 Å². The van der Waals surface area contributed by atoms with E-state index in [9.17, 15) is 18.1 Å². The van der Waals surface area contributed by atoms with Gasteiger partial charge in [-0.15, -0.1) is 0 Å². The lowest BCUT2D eigenvalue weighted by molar-refractivity contribution is 0.441. The van der Waals surface area contributed by atoms with Gasteiger partial charge in [-0.1, -0.05) is 104 Å². The number of hydrogen-bond donors (Lipinski definition) is 2.